The lowest BCUT2D eigenvalue weighted by Gasteiger charge is -2.28. The molecule has 1 fully saturated rings. The van der Waals surface area contributed by atoms with E-state index in [1.807, 2.05) is 6.07 Å². The second-order valence-corrected chi connectivity index (χ2v) is 5.89. The minimum atomic E-state index is -0.305. The third-order valence-corrected chi connectivity index (χ3v) is 3.85. The average molecular weight is 360 g/mol. The Morgan fingerprint density at radius 1 is 1.44 bits per heavy atom. The van der Waals surface area contributed by atoms with E-state index >= 15 is 0 Å². The summed E-state index contributed by atoms with van der Waals surface area (Å²) in [6.07, 6.45) is 1.81. The normalized spacial score (nSPS) is 17.7. The third-order valence-electron chi connectivity index (χ3n) is 3.17. The molecule has 0 atom stereocenters. The summed E-state index contributed by atoms with van der Waals surface area (Å²) < 4.78 is 6.50. The number of piperidine rings is 1. The third kappa shape index (κ3) is 3.35. The summed E-state index contributed by atoms with van der Waals surface area (Å²) in [5.74, 6) is -0.305. The highest BCUT2D eigenvalue weighted by molar-refractivity contribution is 14.1. The summed E-state index contributed by atoms with van der Waals surface area (Å²) in [6.45, 7) is 1.94. The van der Waals surface area contributed by atoms with Crippen LogP contribution in [0.3, 0.4) is 0 Å². The van der Waals surface area contributed by atoms with Crippen LogP contribution in [0.2, 0.25) is 0 Å². The van der Waals surface area contributed by atoms with E-state index in [4.69, 9.17) is 10.5 Å². The predicted octanol–water partition coefficient (Wildman–Crippen LogP) is 2.12. The predicted molar refractivity (Wildman–Crippen MR) is 79.5 cm³/mol. The molecule has 2 N–H and O–H groups in total. The van der Waals surface area contributed by atoms with Crippen LogP contribution in [0, 0.1) is 3.57 Å². The molecule has 0 bridgehead atoms. The number of halogens is 1. The van der Waals surface area contributed by atoms with Crippen molar-refractivity contribution in [3.8, 4) is 0 Å². The first-order valence-electron chi connectivity index (χ1n) is 6.01. The smallest absolute Gasteiger partial charge is 0.340 e. The molecule has 18 heavy (non-hydrogen) atoms. The van der Waals surface area contributed by atoms with Crippen LogP contribution in [0.1, 0.15) is 23.2 Å². The van der Waals surface area contributed by atoms with Crippen LogP contribution in [0.15, 0.2) is 18.2 Å². The van der Waals surface area contributed by atoms with Crippen LogP contribution in [0.5, 0.6) is 0 Å². The van der Waals surface area contributed by atoms with Gasteiger partial charge in [-0.15, -0.1) is 0 Å². The molecule has 0 aliphatic carbocycles. The highest BCUT2D eigenvalue weighted by Gasteiger charge is 2.22. The Morgan fingerprint density at radius 2 is 2.11 bits per heavy atom. The fraction of sp³-hybridized carbons (Fsp3) is 0.462. The molecule has 98 valence electrons. The zero-order valence-corrected chi connectivity index (χ0v) is 12.5. The maximum Gasteiger partial charge on any atom is 0.340 e. The Balaban J connectivity index is 2.01. The maximum atomic E-state index is 12.0. The van der Waals surface area contributed by atoms with E-state index in [1.54, 1.807) is 12.1 Å². The molecule has 1 heterocycles. The molecule has 1 aliphatic rings. The van der Waals surface area contributed by atoms with Gasteiger partial charge in [-0.25, -0.2) is 4.79 Å². The van der Waals surface area contributed by atoms with Crippen molar-refractivity contribution in [2.45, 2.75) is 18.9 Å². The number of likely N-dealkylation sites (tertiary alicyclic amines) is 1. The number of nitrogens with zero attached hydrogens (tertiary/aromatic N) is 1. The number of anilines is 1. The molecule has 1 aromatic carbocycles. The van der Waals surface area contributed by atoms with Crippen LogP contribution in [-0.2, 0) is 4.74 Å². The zero-order valence-electron chi connectivity index (χ0n) is 10.4. The van der Waals surface area contributed by atoms with Gasteiger partial charge in [0.15, 0.2) is 0 Å². The number of esters is 1. The summed E-state index contributed by atoms with van der Waals surface area (Å²) in [6, 6.07) is 5.39. The summed E-state index contributed by atoms with van der Waals surface area (Å²) in [5.41, 5.74) is 6.76. The minimum Gasteiger partial charge on any atom is -0.459 e. The molecular formula is C13H17IN2O2. The Morgan fingerprint density at radius 3 is 2.78 bits per heavy atom. The second-order valence-electron chi connectivity index (χ2n) is 4.64. The fourth-order valence-corrected chi connectivity index (χ4v) is 2.51. The van der Waals surface area contributed by atoms with Gasteiger partial charge in [0.2, 0.25) is 0 Å². The lowest BCUT2D eigenvalue weighted by Crippen LogP contribution is -2.35. The summed E-state index contributed by atoms with van der Waals surface area (Å²) >= 11 is 2.16. The Bertz CT molecular complexity index is 443. The average Bonchev–Trinajstić information content (AvgIpc) is 2.35. The topological polar surface area (TPSA) is 55.6 Å². The molecule has 2 rings (SSSR count). The molecule has 0 unspecified atom stereocenters. The molecule has 0 radical (unpaired) electrons. The molecular weight excluding hydrogens is 343 g/mol. The van der Waals surface area contributed by atoms with Gasteiger partial charge in [-0.2, -0.15) is 0 Å². The zero-order chi connectivity index (χ0) is 13.1. The van der Waals surface area contributed by atoms with Crippen molar-refractivity contribution in [3.63, 3.8) is 0 Å². The van der Waals surface area contributed by atoms with Gasteiger partial charge in [0.25, 0.3) is 0 Å². The number of hydrogen-bond acceptors (Lipinski definition) is 4. The number of carbonyl (C=O) groups is 1. The van der Waals surface area contributed by atoms with Crippen LogP contribution < -0.4 is 5.73 Å². The van der Waals surface area contributed by atoms with Crippen LogP contribution in [-0.4, -0.2) is 37.1 Å². The number of nitrogens with two attached hydrogens (primary N) is 1. The lowest BCUT2D eigenvalue weighted by molar-refractivity contribution is 0.0140. The van der Waals surface area contributed by atoms with Crippen molar-refractivity contribution in [2.24, 2.45) is 0 Å². The van der Waals surface area contributed by atoms with E-state index in [0.29, 0.717) is 11.3 Å². The van der Waals surface area contributed by atoms with E-state index < -0.39 is 0 Å². The molecule has 1 aromatic rings. The van der Waals surface area contributed by atoms with E-state index in [0.717, 1.165) is 29.5 Å². The standard InChI is InChI=1S/C13H17IN2O2/c1-16-6-4-10(5-7-16)18-13(17)11-8-9(14)2-3-12(11)15/h2-3,8,10H,4-7,15H2,1H3. The molecule has 1 aliphatic heterocycles. The van der Waals surface area contributed by atoms with Crippen LogP contribution >= 0.6 is 22.6 Å². The molecule has 0 aromatic heterocycles. The van der Waals surface area contributed by atoms with Gasteiger partial charge in [0.05, 0.1) is 5.56 Å². The number of rotatable bonds is 2. The quantitative estimate of drug-likeness (QED) is 0.499. The van der Waals surface area contributed by atoms with Gasteiger partial charge in [0.1, 0.15) is 6.10 Å². The fourth-order valence-electron chi connectivity index (χ4n) is 2.02. The first-order chi connectivity index (χ1) is 8.56. The number of nitrogen functional groups attached to an aromatic ring is 1. The maximum absolute atomic E-state index is 12.0. The van der Waals surface area contributed by atoms with Gasteiger partial charge in [-0.3, -0.25) is 0 Å². The van der Waals surface area contributed by atoms with Crippen molar-refractivity contribution in [1.29, 1.82) is 0 Å². The van der Waals surface area contributed by atoms with E-state index in [-0.39, 0.29) is 12.1 Å². The number of hydrogen-bond donors (Lipinski definition) is 1. The van der Waals surface area contributed by atoms with Gasteiger partial charge in [-0.05, 0) is 60.7 Å². The van der Waals surface area contributed by atoms with Crippen LogP contribution in [0.4, 0.5) is 5.69 Å². The molecule has 1 saturated heterocycles. The van der Waals surface area contributed by atoms with Gasteiger partial charge in [0, 0.05) is 22.3 Å². The lowest BCUT2D eigenvalue weighted by atomic mass is 10.1. The van der Waals surface area contributed by atoms with Gasteiger partial charge in [-0.1, -0.05) is 0 Å². The summed E-state index contributed by atoms with van der Waals surface area (Å²) in [4.78, 5) is 14.3. The van der Waals surface area contributed by atoms with Gasteiger partial charge >= 0.3 is 5.97 Å². The second kappa shape index (κ2) is 5.88. The number of carbonyl (C=O) groups excluding carboxylic acids is 1. The molecule has 0 amide bonds. The van der Waals surface area contributed by atoms with E-state index in [9.17, 15) is 4.79 Å². The van der Waals surface area contributed by atoms with Crippen LogP contribution in [0.25, 0.3) is 0 Å². The van der Waals surface area contributed by atoms with E-state index in [2.05, 4.69) is 34.5 Å². The largest absolute Gasteiger partial charge is 0.459 e. The monoisotopic (exact) mass is 360 g/mol. The number of ether oxygens (including phenoxy) is 1. The molecule has 4 nitrogen and oxygen atoms in total. The SMILES string of the molecule is CN1CCC(OC(=O)c2cc(I)ccc2N)CC1. The van der Waals surface area contributed by atoms with Crippen molar-refractivity contribution >= 4 is 34.2 Å². The molecule has 0 saturated carbocycles. The van der Waals surface area contributed by atoms with Gasteiger partial charge < -0.3 is 15.4 Å². The Kier molecular flexibility index (Phi) is 4.45. The van der Waals surface area contributed by atoms with Crippen molar-refractivity contribution in [1.82, 2.24) is 4.90 Å². The van der Waals surface area contributed by atoms with Crippen molar-refractivity contribution in [3.05, 3.63) is 27.3 Å². The van der Waals surface area contributed by atoms with Crippen molar-refractivity contribution in [2.75, 3.05) is 25.9 Å². The highest BCUT2D eigenvalue weighted by atomic mass is 127. The summed E-state index contributed by atoms with van der Waals surface area (Å²) in [7, 11) is 2.08. The highest BCUT2D eigenvalue weighted by Crippen LogP contribution is 2.20. The molecule has 5 heteroatoms. The van der Waals surface area contributed by atoms with Crippen molar-refractivity contribution < 1.29 is 9.53 Å². The van der Waals surface area contributed by atoms with E-state index in [1.165, 1.54) is 0 Å². The summed E-state index contributed by atoms with van der Waals surface area (Å²) in [5, 5.41) is 0. The Hall–Kier alpha value is -0.820. The molecule has 0 spiro atoms. The Labute approximate surface area is 121 Å². The minimum absolute atomic E-state index is 0.0194. The number of benzene rings is 1. The first-order valence-corrected chi connectivity index (χ1v) is 7.08. The first kappa shape index (κ1) is 13.6.